The first-order chi connectivity index (χ1) is 11.8. The van der Waals surface area contributed by atoms with Crippen LogP contribution in [0.15, 0.2) is 47.6 Å². The zero-order valence-electron chi connectivity index (χ0n) is 14.3. The molecule has 0 bridgehead atoms. The lowest BCUT2D eigenvalue weighted by Gasteiger charge is -2.07. The third kappa shape index (κ3) is 5.42. The van der Waals surface area contributed by atoms with E-state index in [1.807, 2.05) is 32.0 Å². The summed E-state index contributed by atoms with van der Waals surface area (Å²) in [4.78, 5) is 22.0. The summed E-state index contributed by atoms with van der Waals surface area (Å²) in [7, 11) is 0. The predicted octanol–water partition coefficient (Wildman–Crippen LogP) is 3.13. The minimum atomic E-state index is -0.470. The summed E-state index contributed by atoms with van der Waals surface area (Å²) in [6, 6.07) is 11.7. The smallest absolute Gasteiger partial charge is 0.277 e. The third-order valence-corrected chi connectivity index (χ3v) is 3.41. The summed E-state index contributed by atoms with van der Waals surface area (Å²) in [5, 5.41) is 14.6. The first kappa shape index (κ1) is 18.1. The van der Waals surface area contributed by atoms with Gasteiger partial charge in [0.15, 0.2) is 6.61 Å². The number of ether oxygens (including phenoxy) is 1. The van der Waals surface area contributed by atoms with Crippen molar-refractivity contribution in [1.29, 1.82) is 0 Å². The van der Waals surface area contributed by atoms with Crippen molar-refractivity contribution in [2.75, 3.05) is 6.61 Å². The minimum absolute atomic E-state index is 0.00225. The SMILES string of the molecule is CC(=NNC(=O)COc1cc(C)cc(C)c1)c1ccc([N+](=O)[O-])cc1. The van der Waals surface area contributed by atoms with Crippen molar-refractivity contribution in [2.45, 2.75) is 20.8 Å². The highest BCUT2D eigenvalue weighted by Gasteiger charge is 2.07. The number of aryl methyl sites for hydroxylation is 2. The molecule has 130 valence electrons. The van der Waals surface area contributed by atoms with E-state index in [2.05, 4.69) is 10.5 Å². The molecule has 0 spiro atoms. The van der Waals surface area contributed by atoms with Crippen LogP contribution in [-0.2, 0) is 4.79 Å². The van der Waals surface area contributed by atoms with Crippen LogP contribution >= 0.6 is 0 Å². The maximum Gasteiger partial charge on any atom is 0.277 e. The molecule has 2 aromatic rings. The highest BCUT2D eigenvalue weighted by Crippen LogP contribution is 2.16. The molecule has 0 unspecified atom stereocenters. The van der Waals surface area contributed by atoms with Crippen molar-refractivity contribution >= 4 is 17.3 Å². The predicted molar refractivity (Wildman–Crippen MR) is 94.9 cm³/mol. The fourth-order valence-electron chi connectivity index (χ4n) is 2.23. The van der Waals surface area contributed by atoms with Crippen molar-refractivity contribution in [2.24, 2.45) is 5.10 Å². The number of hydrazone groups is 1. The maximum absolute atomic E-state index is 11.8. The Morgan fingerprint density at radius 3 is 2.32 bits per heavy atom. The number of nitrogens with zero attached hydrogens (tertiary/aromatic N) is 2. The van der Waals surface area contributed by atoms with Crippen LogP contribution in [0.3, 0.4) is 0 Å². The fraction of sp³-hybridized carbons (Fsp3) is 0.222. The number of non-ortho nitro benzene ring substituents is 1. The second-order valence-corrected chi connectivity index (χ2v) is 5.65. The fourth-order valence-corrected chi connectivity index (χ4v) is 2.23. The number of benzene rings is 2. The Morgan fingerprint density at radius 2 is 1.76 bits per heavy atom. The Balaban J connectivity index is 1.91. The van der Waals surface area contributed by atoms with E-state index in [1.165, 1.54) is 12.1 Å². The summed E-state index contributed by atoms with van der Waals surface area (Å²) >= 11 is 0. The van der Waals surface area contributed by atoms with E-state index >= 15 is 0 Å². The van der Waals surface area contributed by atoms with E-state index in [-0.39, 0.29) is 18.2 Å². The van der Waals surface area contributed by atoms with Crippen molar-refractivity contribution in [3.8, 4) is 5.75 Å². The molecule has 0 radical (unpaired) electrons. The largest absolute Gasteiger partial charge is 0.484 e. The Kier molecular flexibility index (Phi) is 5.84. The van der Waals surface area contributed by atoms with Gasteiger partial charge in [0, 0.05) is 12.1 Å². The highest BCUT2D eigenvalue weighted by molar-refractivity contribution is 5.99. The van der Waals surface area contributed by atoms with Crippen LogP contribution in [0.5, 0.6) is 5.75 Å². The van der Waals surface area contributed by atoms with E-state index in [0.717, 1.165) is 11.1 Å². The minimum Gasteiger partial charge on any atom is -0.484 e. The number of amides is 1. The first-order valence-corrected chi connectivity index (χ1v) is 7.64. The Labute approximate surface area is 145 Å². The molecular formula is C18H19N3O4. The van der Waals surface area contributed by atoms with E-state index in [4.69, 9.17) is 4.74 Å². The van der Waals surface area contributed by atoms with E-state index in [0.29, 0.717) is 17.0 Å². The first-order valence-electron chi connectivity index (χ1n) is 7.64. The number of nitro benzene ring substituents is 1. The normalized spacial score (nSPS) is 11.1. The third-order valence-electron chi connectivity index (χ3n) is 3.41. The number of hydrogen-bond acceptors (Lipinski definition) is 5. The molecule has 0 aliphatic rings. The van der Waals surface area contributed by atoms with E-state index in [9.17, 15) is 14.9 Å². The number of carbonyl (C=O) groups is 1. The van der Waals surface area contributed by atoms with Crippen LogP contribution < -0.4 is 10.2 Å². The zero-order chi connectivity index (χ0) is 18.4. The summed E-state index contributed by atoms with van der Waals surface area (Å²) in [5.41, 5.74) is 5.74. The molecule has 0 fully saturated rings. The molecule has 0 atom stereocenters. The zero-order valence-corrected chi connectivity index (χ0v) is 14.3. The van der Waals surface area contributed by atoms with Crippen molar-refractivity contribution in [3.63, 3.8) is 0 Å². The monoisotopic (exact) mass is 341 g/mol. The van der Waals surface area contributed by atoms with Crippen LogP contribution in [0, 0.1) is 24.0 Å². The summed E-state index contributed by atoms with van der Waals surface area (Å²) in [6.45, 7) is 5.46. The molecule has 1 amide bonds. The second kappa shape index (κ2) is 8.05. The molecule has 0 heterocycles. The Morgan fingerprint density at radius 1 is 1.16 bits per heavy atom. The van der Waals surface area contributed by atoms with Gasteiger partial charge in [0.25, 0.3) is 11.6 Å². The van der Waals surface area contributed by atoms with Gasteiger partial charge in [-0.1, -0.05) is 6.07 Å². The van der Waals surface area contributed by atoms with Gasteiger partial charge < -0.3 is 4.74 Å². The van der Waals surface area contributed by atoms with Crippen LogP contribution in [-0.4, -0.2) is 23.1 Å². The van der Waals surface area contributed by atoms with Crippen LogP contribution in [0.4, 0.5) is 5.69 Å². The molecule has 0 aliphatic carbocycles. The van der Waals surface area contributed by atoms with E-state index in [1.54, 1.807) is 19.1 Å². The molecule has 1 N–H and O–H groups in total. The molecule has 0 aromatic heterocycles. The molecule has 2 rings (SSSR count). The molecule has 25 heavy (non-hydrogen) atoms. The van der Waals surface area contributed by atoms with Gasteiger partial charge in [-0.05, 0) is 61.7 Å². The standard InChI is InChI=1S/C18H19N3O4/c1-12-8-13(2)10-17(9-12)25-11-18(22)20-19-14(3)15-4-6-16(7-5-15)21(23)24/h4-10H,11H2,1-3H3,(H,20,22). The van der Waals surface area contributed by atoms with Gasteiger partial charge in [-0.25, -0.2) is 5.43 Å². The van der Waals surface area contributed by atoms with Crippen LogP contribution in [0.2, 0.25) is 0 Å². The number of rotatable bonds is 6. The quantitative estimate of drug-likeness (QED) is 0.496. The highest BCUT2D eigenvalue weighted by atomic mass is 16.6. The molecule has 2 aromatic carbocycles. The van der Waals surface area contributed by atoms with Crippen LogP contribution in [0.1, 0.15) is 23.6 Å². The number of carbonyl (C=O) groups excluding carboxylic acids is 1. The van der Waals surface area contributed by atoms with Gasteiger partial charge >= 0.3 is 0 Å². The lowest BCUT2D eigenvalue weighted by atomic mass is 10.1. The number of hydrogen-bond donors (Lipinski definition) is 1. The Hall–Kier alpha value is -3.22. The average molecular weight is 341 g/mol. The summed E-state index contributed by atoms with van der Waals surface area (Å²) in [5.74, 6) is 0.240. The topological polar surface area (TPSA) is 93.8 Å². The van der Waals surface area contributed by atoms with Gasteiger partial charge in [-0.2, -0.15) is 5.10 Å². The number of nitrogens with one attached hydrogen (secondary N) is 1. The number of nitro groups is 1. The Bertz CT molecular complexity index is 793. The van der Waals surface area contributed by atoms with Crippen molar-refractivity contribution in [1.82, 2.24) is 5.43 Å². The average Bonchev–Trinajstić information content (AvgIpc) is 2.57. The van der Waals surface area contributed by atoms with Gasteiger partial charge in [-0.15, -0.1) is 0 Å². The van der Waals surface area contributed by atoms with Crippen molar-refractivity contribution < 1.29 is 14.5 Å². The van der Waals surface area contributed by atoms with Gasteiger partial charge in [0.1, 0.15) is 5.75 Å². The maximum atomic E-state index is 11.8. The molecular weight excluding hydrogens is 322 g/mol. The molecule has 0 saturated heterocycles. The van der Waals surface area contributed by atoms with Gasteiger partial charge in [-0.3, -0.25) is 14.9 Å². The van der Waals surface area contributed by atoms with Crippen LogP contribution in [0.25, 0.3) is 0 Å². The lowest BCUT2D eigenvalue weighted by Crippen LogP contribution is -2.25. The lowest BCUT2D eigenvalue weighted by molar-refractivity contribution is -0.384. The summed E-state index contributed by atoms with van der Waals surface area (Å²) < 4.78 is 5.45. The van der Waals surface area contributed by atoms with E-state index < -0.39 is 4.92 Å². The van der Waals surface area contributed by atoms with Crippen molar-refractivity contribution in [3.05, 3.63) is 69.3 Å². The summed E-state index contributed by atoms with van der Waals surface area (Å²) in [6.07, 6.45) is 0. The second-order valence-electron chi connectivity index (χ2n) is 5.65. The molecule has 0 saturated carbocycles. The van der Waals surface area contributed by atoms with Gasteiger partial charge in [0.05, 0.1) is 10.6 Å². The molecule has 0 aliphatic heterocycles. The molecule has 7 nitrogen and oxygen atoms in total. The van der Waals surface area contributed by atoms with Gasteiger partial charge in [0.2, 0.25) is 0 Å². The molecule has 7 heteroatoms.